The van der Waals surface area contributed by atoms with Crippen LogP contribution in [0, 0.1) is 11.3 Å². The molecule has 0 N–H and O–H groups in total. The van der Waals surface area contributed by atoms with E-state index in [0.717, 1.165) is 5.56 Å². The predicted molar refractivity (Wildman–Crippen MR) is 54.7 cm³/mol. The van der Waals surface area contributed by atoms with E-state index in [-0.39, 0.29) is 0 Å². The maximum absolute atomic E-state index is 8.79. The van der Waals surface area contributed by atoms with Gasteiger partial charge >= 0.3 is 0 Å². The molecule has 0 spiro atoms. The number of hydrogen-bond donors (Lipinski definition) is 0. The second-order valence-electron chi connectivity index (χ2n) is 2.89. The number of rotatable bonds is 2. The minimum absolute atomic E-state index is 0.655. The molecule has 2 aromatic heterocycles. The fourth-order valence-electron chi connectivity index (χ4n) is 1.28. The fourth-order valence-corrected chi connectivity index (χ4v) is 1.67. The highest BCUT2D eigenvalue weighted by atomic mass is 79.9. The largest absolute Gasteiger partial charge is 0.457 e. The highest BCUT2D eigenvalue weighted by Crippen LogP contribution is 2.15. The molecular weight excluding hydrogens is 244 g/mol. The van der Waals surface area contributed by atoms with Gasteiger partial charge in [0.2, 0.25) is 0 Å². The Bertz CT molecular complexity index is 478. The minimum atomic E-state index is 0.655. The van der Waals surface area contributed by atoms with Gasteiger partial charge in [-0.1, -0.05) is 0 Å². The number of hydrogen-bond acceptors (Lipinski definition) is 2. The van der Waals surface area contributed by atoms with Crippen molar-refractivity contribution in [2.75, 3.05) is 0 Å². The van der Waals surface area contributed by atoms with Crippen LogP contribution in [0.2, 0.25) is 0 Å². The molecular formula is C10H7BrN2O. The van der Waals surface area contributed by atoms with Crippen molar-refractivity contribution in [2.24, 2.45) is 0 Å². The van der Waals surface area contributed by atoms with Crippen molar-refractivity contribution in [1.82, 2.24) is 4.57 Å². The maximum atomic E-state index is 8.79. The third kappa shape index (κ3) is 1.73. The summed E-state index contributed by atoms with van der Waals surface area (Å²) in [7, 11) is 0. The zero-order valence-corrected chi connectivity index (χ0v) is 8.86. The van der Waals surface area contributed by atoms with Gasteiger partial charge in [-0.05, 0) is 34.1 Å². The molecule has 70 valence electrons. The summed E-state index contributed by atoms with van der Waals surface area (Å²) in [5, 5.41) is 8.79. The molecule has 0 saturated heterocycles. The number of halogens is 1. The predicted octanol–water partition coefficient (Wildman–Crippen LogP) is 2.76. The standard InChI is InChI=1S/C10H7BrN2O/c11-10-4-8(7-14-10)6-13-3-1-2-9(13)5-12/h1-4,7H,6H2. The zero-order chi connectivity index (χ0) is 9.97. The summed E-state index contributed by atoms with van der Waals surface area (Å²) in [4.78, 5) is 0. The Labute approximate surface area is 89.7 Å². The van der Waals surface area contributed by atoms with E-state index in [4.69, 9.17) is 9.68 Å². The van der Waals surface area contributed by atoms with Crippen LogP contribution in [-0.2, 0) is 6.54 Å². The van der Waals surface area contributed by atoms with Crippen LogP contribution >= 0.6 is 15.9 Å². The molecule has 14 heavy (non-hydrogen) atoms. The topological polar surface area (TPSA) is 41.9 Å². The summed E-state index contributed by atoms with van der Waals surface area (Å²) in [5.74, 6) is 0. The fraction of sp³-hybridized carbons (Fsp3) is 0.100. The molecule has 2 rings (SSSR count). The number of aromatic nitrogens is 1. The molecule has 0 aliphatic heterocycles. The molecule has 0 atom stereocenters. The lowest BCUT2D eigenvalue weighted by molar-refractivity contribution is 0.537. The molecule has 0 saturated carbocycles. The van der Waals surface area contributed by atoms with Gasteiger partial charge in [0.25, 0.3) is 0 Å². The Balaban J connectivity index is 2.23. The van der Waals surface area contributed by atoms with Crippen LogP contribution < -0.4 is 0 Å². The average molecular weight is 251 g/mol. The SMILES string of the molecule is N#Cc1cccn1Cc1coc(Br)c1. The minimum Gasteiger partial charge on any atom is -0.457 e. The van der Waals surface area contributed by atoms with Gasteiger partial charge in [0.1, 0.15) is 11.8 Å². The summed E-state index contributed by atoms with van der Waals surface area (Å²) >= 11 is 3.23. The molecule has 4 heteroatoms. The Hall–Kier alpha value is -1.47. The molecule has 0 amide bonds. The number of furan rings is 1. The summed E-state index contributed by atoms with van der Waals surface area (Å²) in [6, 6.07) is 7.65. The first-order valence-corrected chi connectivity index (χ1v) is 4.87. The van der Waals surface area contributed by atoms with Crippen LogP contribution in [0.25, 0.3) is 0 Å². The van der Waals surface area contributed by atoms with Crippen molar-refractivity contribution < 1.29 is 4.42 Å². The summed E-state index contributed by atoms with van der Waals surface area (Å²) in [5.41, 5.74) is 1.69. The van der Waals surface area contributed by atoms with Gasteiger partial charge in [-0.2, -0.15) is 5.26 Å². The van der Waals surface area contributed by atoms with Crippen LogP contribution in [0.15, 0.2) is 39.7 Å². The van der Waals surface area contributed by atoms with Crippen LogP contribution in [0.1, 0.15) is 11.3 Å². The number of nitriles is 1. The van der Waals surface area contributed by atoms with E-state index in [9.17, 15) is 0 Å². The smallest absolute Gasteiger partial charge is 0.169 e. The van der Waals surface area contributed by atoms with Gasteiger partial charge < -0.3 is 8.98 Å². The van der Waals surface area contributed by atoms with E-state index in [2.05, 4.69) is 22.0 Å². The van der Waals surface area contributed by atoms with Crippen molar-refractivity contribution in [3.8, 4) is 6.07 Å². The van der Waals surface area contributed by atoms with E-state index in [1.165, 1.54) is 0 Å². The van der Waals surface area contributed by atoms with Gasteiger partial charge in [0.15, 0.2) is 4.67 Å². The molecule has 0 fully saturated rings. The Morgan fingerprint density at radius 2 is 2.43 bits per heavy atom. The normalized spacial score (nSPS) is 10.0. The summed E-state index contributed by atoms with van der Waals surface area (Å²) in [6.07, 6.45) is 3.55. The average Bonchev–Trinajstić information content (AvgIpc) is 2.76. The third-order valence-electron chi connectivity index (χ3n) is 1.92. The highest BCUT2D eigenvalue weighted by molar-refractivity contribution is 9.10. The first-order valence-electron chi connectivity index (χ1n) is 4.08. The zero-order valence-electron chi connectivity index (χ0n) is 7.27. The molecule has 0 aliphatic carbocycles. The monoisotopic (exact) mass is 250 g/mol. The second-order valence-corrected chi connectivity index (χ2v) is 3.67. The van der Waals surface area contributed by atoms with Crippen molar-refractivity contribution >= 4 is 15.9 Å². The van der Waals surface area contributed by atoms with E-state index >= 15 is 0 Å². The summed E-state index contributed by atoms with van der Waals surface area (Å²) < 4.78 is 7.69. The second kappa shape index (κ2) is 3.72. The molecule has 0 unspecified atom stereocenters. The van der Waals surface area contributed by atoms with E-state index in [1.807, 2.05) is 22.9 Å². The van der Waals surface area contributed by atoms with Crippen LogP contribution in [0.4, 0.5) is 0 Å². The van der Waals surface area contributed by atoms with Gasteiger partial charge in [0.05, 0.1) is 12.8 Å². The van der Waals surface area contributed by atoms with E-state index < -0.39 is 0 Å². The van der Waals surface area contributed by atoms with Crippen LogP contribution in [0.3, 0.4) is 0 Å². The van der Waals surface area contributed by atoms with Gasteiger partial charge in [-0.3, -0.25) is 0 Å². The van der Waals surface area contributed by atoms with Gasteiger partial charge in [0, 0.05) is 11.8 Å². The van der Waals surface area contributed by atoms with E-state index in [0.29, 0.717) is 16.9 Å². The van der Waals surface area contributed by atoms with Crippen molar-refractivity contribution in [2.45, 2.75) is 6.54 Å². The Kier molecular flexibility index (Phi) is 2.42. The van der Waals surface area contributed by atoms with Crippen LogP contribution in [-0.4, -0.2) is 4.57 Å². The lowest BCUT2D eigenvalue weighted by Gasteiger charge is -2.00. The summed E-state index contributed by atoms with van der Waals surface area (Å²) in [6.45, 7) is 0.658. The van der Waals surface area contributed by atoms with Crippen molar-refractivity contribution in [1.29, 1.82) is 5.26 Å². The van der Waals surface area contributed by atoms with Gasteiger partial charge in [-0.25, -0.2) is 0 Å². The molecule has 2 heterocycles. The highest BCUT2D eigenvalue weighted by Gasteiger charge is 2.02. The van der Waals surface area contributed by atoms with Crippen LogP contribution in [0.5, 0.6) is 0 Å². The quantitative estimate of drug-likeness (QED) is 0.823. The lowest BCUT2D eigenvalue weighted by Crippen LogP contribution is -1.98. The molecule has 0 bridgehead atoms. The van der Waals surface area contributed by atoms with E-state index in [1.54, 1.807) is 12.3 Å². The third-order valence-corrected chi connectivity index (χ3v) is 2.33. The molecule has 2 aromatic rings. The van der Waals surface area contributed by atoms with Gasteiger partial charge in [-0.15, -0.1) is 0 Å². The maximum Gasteiger partial charge on any atom is 0.169 e. The molecule has 3 nitrogen and oxygen atoms in total. The molecule has 0 aromatic carbocycles. The first kappa shape index (κ1) is 9.10. The lowest BCUT2D eigenvalue weighted by atomic mass is 10.3. The van der Waals surface area contributed by atoms with Crippen molar-refractivity contribution in [3.63, 3.8) is 0 Å². The Morgan fingerprint density at radius 3 is 3.07 bits per heavy atom. The Morgan fingerprint density at radius 1 is 1.57 bits per heavy atom. The first-order chi connectivity index (χ1) is 6.79. The molecule has 0 radical (unpaired) electrons. The molecule has 0 aliphatic rings. The number of nitrogens with zero attached hydrogens (tertiary/aromatic N) is 2. The van der Waals surface area contributed by atoms with Crippen molar-refractivity contribution in [3.05, 3.63) is 46.6 Å².